The van der Waals surface area contributed by atoms with Crippen molar-refractivity contribution in [1.29, 1.82) is 0 Å². The van der Waals surface area contributed by atoms with E-state index in [2.05, 4.69) is 20.9 Å². The van der Waals surface area contributed by atoms with Crippen molar-refractivity contribution in [3.05, 3.63) is 88.0 Å². The largest absolute Gasteiger partial charge is 0.496 e. The summed E-state index contributed by atoms with van der Waals surface area (Å²) in [5.74, 6) is 0.546. The highest BCUT2D eigenvalue weighted by atomic mass is 79.9. The molecule has 1 aromatic heterocycles. The van der Waals surface area contributed by atoms with E-state index in [-0.39, 0.29) is 17.7 Å². The van der Waals surface area contributed by atoms with Crippen LogP contribution in [0.25, 0.3) is 6.08 Å². The minimum absolute atomic E-state index is 0.195. The van der Waals surface area contributed by atoms with Crippen LogP contribution in [0.4, 0.5) is 0 Å². The molecule has 1 aliphatic heterocycles. The molecule has 10 heteroatoms. The van der Waals surface area contributed by atoms with Crippen LogP contribution in [0.15, 0.2) is 61.9 Å². The van der Waals surface area contributed by atoms with Gasteiger partial charge in [0.25, 0.3) is 5.56 Å². The first-order chi connectivity index (χ1) is 16.8. The molecule has 0 spiro atoms. The predicted molar refractivity (Wildman–Crippen MR) is 139 cm³/mol. The van der Waals surface area contributed by atoms with E-state index in [1.807, 2.05) is 18.2 Å². The minimum Gasteiger partial charge on any atom is -0.496 e. The van der Waals surface area contributed by atoms with Crippen LogP contribution in [0.1, 0.15) is 31.0 Å². The van der Waals surface area contributed by atoms with Gasteiger partial charge >= 0.3 is 5.97 Å². The Morgan fingerprint density at radius 2 is 1.91 bits per heavy atom. The fraction of sp³-hybridized carbons (Fsp3) is 0.240. The summed E-state index contributed by atoms with van der Waals surface area (Å²) in [7, 11) is 3.09. The summed E-state index contributed by atoms with van der Waals surface area (Å²) >= 11 is 11.0. The third-order valence-corrected chi connectivity index (χ3v) is 7.25. The monoisotopic (exact) mass is 576 g/mol. The van der Waals surface area contributed by atoms with Crippen molar-refractivity contribution in [3.8, 4) is 11.5 Å². The zero-order chi connectivity index (χ0) is 25.3. The van der Waals surface area contributed by atoms with Gasteiger partial charge in [-0.1, -0.05) is 44.9 Å². The Labute approximate surface area is 219 Å². The van der Waals surface area contributed by atoms with Crippen LogP contribution in [-0.2, 0) is 9.53 Å². The number of thiazole rings is 1. The zero-order valence-electron chi connectivity index (χ0n) is 19.4. The molecular formula is C25H22BrClN2O5S. The number of aromatic nitrogens is 1. The molecule has 2 aromatic carbocycles. The van der Waals surface area contributed by atoms with Crippen LogP contribution in [0.3, 0.4) is 0 Å². The Morgan fingerprint density at radius 3 is 2.57 bits per heavy atom. The number of allylic oxidation sites excluding steroid dienone is 1. The van der Waals surface area contributed by atoms with E-state index in [1.165, 1.54) is 15.9 Å². The highest BCUT2D eigenvalue weighted by molar-refractivity contribution is 9.10. The summed E-state index contributed by atoms with van der Waals surface area (Å²) in [6.07, 6.45) is 1.74. The van der Waals surface area contributed by atoms with E-state index < -0.39 is 12.0 Å². The maximum atomic E-state index is 13.7. The lowest BCUT2D eigenvalue weighted by Gasteiger charge is -2.26. The molecule has 0 radical (unpaired) electrons. The summed E-state index contributed by atoms with van der Waals surface area (Å²) in [5, 5.41) is 0.436. The molecule has 0 saturated heterocycles. The van der Waals surface area contributed by atoms with Crippen molar-refractivity contribution in [2.45, 2.75) is 19.9 Å². The number of halogens is 2. The van der Waals surface area contributed by atoms with Crippen molar-refractivity contribution in [3.63, 3.8) is 0 Å². The Balaban J connectivity index is 1.98. The molecular weight excluding hydrogens is 556 g/mol. The van der Waals surface area contributed by atoms with E-state index in [0.29, 0.717) is 37.1 Å². The van der Waals surface area contributed by atoms with Crippen LogP contribution in [-0.4, -0.2) is 31.4 Å². The molecule has 0 bridgehead atoms. The normalized spacial score (nSPS) is 15.5. The maximum Gasteiger partial charge on any atom is 0.338 e. The molecule has 182 valence electrons. The van der Waals surface area contributed by atoms with Crippen LogP contribution in [0, 0.1) is 0 Å². The molecule has 0 fully saturated rings. The standard InChI is InChI=1S/C25H22BrClN2O5S/c1-5-34-24(31)21-13(2)28-25-29(22(21)16-12-15(26)7-9-18(16)32-3)23(30)20(35-25)11-14-6-8-19(33-4)17(27)10-14/h6-12,22H,5H2,1-4H3/b20-11-/t22-/m0/s1. The van der Waals surface area contributed by atoms with Gasteiger partial charge in [0.15, 0.2) is 4.80 Å². The summed E-state index contributed by atoms with van der Waals surface area (Å²) in [6.45, 7) is 3.67. The van der Waals surface area contributed by atoms with Crippen LogP contribution in [0.5, 0.6) is 11.5 Å². The van der Waals surface area contributed by atoms with Gasteiger partial charge in [-0.2, -0.15) is 0 Å². The van der Waals surface area contributed by atoms with Crippen molar-refractivity contribution < 1.29 is 19.0 Å². The number of rotatable bonds is 6. The second-order valence-electron chi connectivity index (χ2n) is 7.58. The quantitative estimate of drug-likeness (QED) is 0.410. The molecule has 4 rings (SSSR count). The topological polar surface area (TPSA) is 79.1 Å². The molecule has 0 saturated carbocycles. The van der Waals surface area contributed by atoms with Gasteiger partial charge in [0, 0.05) is 10.0 Å². The summed E-state index contributed by atoms with van der Waals surface area (Å²) in [6, 6.07) is 9.95. The maximum absolute atomic E-state index is 13.7. The van der Waals surface area contributed by atoms with E-state index in [0.717, 1.165) is 10.0 Å². The third-order valence-electron chi connectivity index (χ3n) is 5.48. The van der Waals surface area contributed by atoms with Gasteiger partial charge in [-0.05, 0) is 55.8 Å². The fourth-order valence-electron chi connectivity index (χ4n) is 3.93. The highest BCUT2D eigenvalue weighted by Crippen LogP contribution is 2.37. The molecule has 1 atom stereocenters. The molecule has 3 aromatic rings. The highest BCUT2D eigenvalue weighted by Gasteiger charge is 2.35. The lowest BCUT2D eigenvalue weighted by Crippen LogP contribution is -2.40. The Bertz CT molecular complexity index is 1530. The fourth-order valence-corrected chi connectivity index (χ4v) is 5.62. The van der Waals surface area contributed by atoms with E-state index in [1.54, 1.807) is 52.3 Å². The Hall–Kier alpha value is -2.88. The number of nitrogens with zero attached hydrogens (tertiary/aromatic N) is 2. The lowest BCUT2D eigenvalue weighted by atomic mass is 9.95. The van der Waals surface area contributed by atoms with Gasteiger partial charge in [-0.25, -0.2) is 9.79 Å². The molecule has 0 N–H and O–H groups in total. The Kier molecular flexibility index (Phi) is 7.49. The van der Waals surface area contributed by atoms with Crippen molar-refractivity contribution in [1.82, 2.24) is 4.57 Å². The van der Waals surface area contributed by atoms with Crippen LogP contribution in [0.2, 0.25) is 5.02 Å². The van der Waals surface area contributed by atoms with Gasteiger partial charge in [-0.15, -0.1) is 0 Å². The van der Waals surface area contributed by atoms with Crippen molar-refractivity contribution in [2.24, 2.45) is 4.99 Å². The van der Waals surface area contributed by atoms with Crippen molar-refractivity contribution >= 4 is 50.9 Å². The summed E-state index contributed by atoms with van der Waals surface area (Å²) in [5.41, 5.74) is 1.85. The molecule has 35 heavy (non-hydrogen) atoms. The Morgan fingerprint density at radius 1 is 1.20 bits per heavy atom. The third kappa shape index (κ3) is 4.80. The number of esters is 1. The number of benzene rings is 2. The lowest BCUT2D eigenvalue weighted by molar-refractivity contribution is -0.139. The first-order valence-electron chi connectivity index (χ1n) is 10.7. The van der Waals surface area contributed by atoms with Crippen LogP contribution >= 0.6 is 38.9 Å². The number of ether oxygens (including phenoxy) is 3. The second kappa shape index (κ2) is 10.4. The molecule has 1 aliphatic rings. The molecule has 2 heterocycles. The average molecular weight is 578 g/mol. The number of hydrogen-bond donors (Lipinski definition) is 0. The molecule has 0 amide bonds. The van der Waals surface area contributed by atoms with Crippen molar-refractivity contribution in [2.75, 3.05) is 20.8 Å². The van der Waals surface area contributed by atoms with Gasteiger partial charge in [-0.3, -0.25) is 9.36 Å². The van der Waals surface area contributed by atoms with E-state index in [9.17, 15) is 9.59 Å². The first kappa shape index (κ1) is 25.2. The number of fused-ring (bicyclic) bond motifs is 1. The summed E-state index contributed by atoms with van der Waals surface area (Å²) in [4.78, 5) is 31.8. The van der Waals surface area contributed by atoms with E-state index in [4.69, 9.17) is 25.8 Å². The number of hydrogen-bond acceptors (Lipinski definition) is 7. The van der Waals surface area contributed by atoms with Crippen LogP contribution < -0.4 is 24.4 Å². The zero-order valence-corrected chi connectivity index (χ0v) is 22.6. The molecule has 0 unspecified atom stereocenters. The van der Waals surface area contributed by atoms with E-state index >= 15 is 0 Å². The first-order valence-corrected chi connectivity index (χ1v) is 12.6. The van der Waals surface area contributed by atoms with Gasteiger partial charge in [0.05, 0.1) is 41.7 Å². The predicted octanol–water partition coefficient (Wildman–Crippen LogP) is 4.23. The average Bonchev–Trinajstić information content (AvgIpc) is 3.12. The van der Waals surface area contributed by atoms with Gasteiger partial charge in [0.2, 0.25) is 0 Å². The van der Waals surface area contributed by atoms with Gasteiger partial charge in [0.1, 0.15) is 17.5 Å². The second-order valence-corrected chi connectivity index (χ2v) is 9.91. The summed E-state index contributed by atoms with van der Waals surface area (Å²) < 4.78 is 18.9. The molecule has 0 aliphatic carbocycles. The number of carbonyl (C=O) groups is 1. The van der Waals surface area contributed by atoms with Gasteiger partial charge < -0.3 is 14.2 Å². The SMILES string of the molecule is CCOC(=O)C1=C(C)N=c2s/c(=C\c3ccc(OC)c(Cl)c3)c(=O)n2[C@H]1c1cc(Br)ccc1OC. The number of methoxy groups -OCH3 is 2. The molecule has 7 nitrogen and oxygen atoms in total. The minimum atomic E-state index is -0.778. The number of carbonyl (C=O) groups excluding carboxylic acids is 1. The smallest absolute Gasteiger partial charge is 0.338 e.